The fourth-order valence-corrected chi connectivity index (χ4v) is 2.52. The highest BCUT2D eigenvalue weighted by Gasteiger charge is 2.21. The molecule has 1 atom stereocenters. The number of nitrogens with one attached hydrogen (secondary N) is 1. The van der Waals surface area contributed by atoms with Gasteiger partial charge in [0.1, 0.15) is 0 Å². The number of furan rings is 1. The van der Waals surface area contributed by atoms with Gasteiger partial charge in [0.25, 0.3) is 5.91 Å². The minimum absolute atomic E-state index is 0.0698. The number of para-hydroxylation sites is 1. The Bertz CT molecular complexity index is 644. The molecular formula is C15H16FNO3. The minimum Gasteiger partial charge on any atom is -0.448 e. The van der Waals surface area contributed by atoms with E-state index in [1.54, 1.807) is 19.1 Å². The van der Waals surface area contributed by atoms with Crippen LogP contribution in [0.15, 0.2) is 22.6 Å². The molecule has 1 saturated heterocycles. The Hall–Kier alpha value is -1.88. The summed E-state index contributed by atoms with van der Waals surface area (Å²) in [4.78, 5) is 12.1. The highest BCUT2D eigenvalue weighted by Crippen LogP contribution is 2.27. The van der Waals surface area contributed by atoms with Gasteiger partial charge in [-0.3, -0.25) is 4.79 Å². The summed E-state index contributed by atoms with van der Waals surface area (Å²) in [5.41, 5.74) is 0.789. The molecule has 1 fully saturated rings. The summed E-state index contributed by atoms with van der Waals surface area (Å²) in [6.45, 7) is 2.96. The molecule has 1 aromatic heterocycles. The highest BCUT2D eigenvalue weighted by molar-refractivity contribution is 5.99. The van der Waals surface area contributed by atoms with Crippen molar-refractivity contribution >= 4 is 16.9 Å². The van der Waals surface area contributed by atoms with Crippen LogP contribution in [0.2, 0.25) is 0 Å². The van der Waals surface area contributed by atoms with Crippen LogP contribution in [0.5, 0.6) is 0 Å². The van der Waals surface area contributed by atoms with Gasteiger partial charge in [-0.15, -0.1) is 0 Å². The smallest absolute Gasteiger partial charge is 0.287 e. The maximum absolute atomic E-state index is 13.6. The third-order valence-corrected chi connectivity index (χ3v) is 3.64. The molecule has 1 amide bonds. The third kappa shape index (κ3) is 2.29. The van der Waals surface area contributed by atoms with Crippen LogP contribution < -0.4 is 5.32 Å². The molecular weight excluding hydrogens is 261 g/mol. The Morgan fingerprint density at radius 3 is 3.05 bits per heavy atom. The monoisotopic (exact) mass is 277 g/mol. The second kappa shape index (κ2) is 5.25. The van der Waals surface area contributed by atoms with Gasteiger partial charge in [0, 0.05) is 24.1 Å². The lowest BCUT2D eigenvalue weighted by Gasteiger charge is -2.09. The van der Waals surface area contributed by atoms with E-state index in [4.69, 9.17) is 9.15 Å². The zero-order chi connectivity index (χ0) is 14.1. The van der Waals surface area contributed by atoms with Crippen LogP contribution in [0.4, 0.5) is 4.39 Å². The van der Waals surface area contributed by atoms with E-state index in [2.05, 4.69) is 5.32 Å². The van der Waals surface area contributed by atoms with E-state index in [0.717, 1.165) is 19.4 Å². The fourth-order valence-electron chi connectivity index (χ4n) is 2.52. The van der Waals surface area contributed by atoms with Crippen LogP contribution in [0.1, 0.15) is 29.0 Å². The maximum atomic E-state index is 13.6. The first-order valence-corrected chi connectivity index (χ1v) is 6.74. The molecule has 0 spiro atoms. The van der Waals surface area contributed by atoms with Crippen LogP contribution in [-0.4, -0.2) is 25.2 Å². The van der Waals surface area contributed by atoms with Crippen molar-refractivity contribution in [2.45, 2.75) is 25.9 Å². The Balaban J connectivity index is 1.80. The van der Waals surface area contributed by atoms with Gasteiger partial charge in [-0.05, 0) is 25.8 Å². The highest BCUT2D eigenvalue weighted by atomic mass is 19.1. The normalized spacial score (nSPS) is 18.6. The van der Waals surface area contributed by atoms with Crippen LogP contribution in [-0.2, 0) is 4.74 Å². The maximum Gasteiger partial charge on any atom is 0.287 e. The molecule has 0 unspecified atom stereocenters. The number of halogens is 1. The molecule has 1 N–H and O–H groups in total. The number of carbonyl (C=O) groups excluding carboxylic acids is 1. The van der Waals surface area contributed by atoms with Crippen molar-refractivity contribution in [3.8, 4) is 0 Å². The van der Waals surface area contributed by atoms with Crippen molar-refractivity contribution in [3.63, 3.8) is 0 Å². The lowest BCUT2D eigenvalue weighted by atomic mass is 10.1. The van der Waals surface area contributed by atoms with Crippen molar-refractivity contribution in [1.29, 1.82) is 0 Å². The van der Waals surface area contributed by atoms with Gasteiger partial charge in [-0.2, -0.15) is 0 Å². The molecule has 0 aliphatic carbocycles. The summed E-state index contributed by atoms with van der Waals surface area (Å²) < 4.78 is 24.4. The zero-order valence-electron chi connectivity index (χ0n) is 11.2. The summed E-state index contributed by atoms with van der Waals surface area (Å²) in [7, 11) is 0. The molecule has 1 aromatic carbocycles. The molecule has 3 rings (SSSR count). The molecule has 1 aliphatic heterocycles. The lowest BCUT2D eigenvalue weighted by molar-refractivity contribution is 0.0836. The third-order valence-electron chi connectivity index (χ3n) is 3.64. The lowest BCUT2D eigenvalue weighted by Crippen LogP contribution is -2.31. The van der Waals surface area contributed by atoms with Crippen LogP contribution in [0.25, 0.3) is 11.0 Å². The second-order valence-corrected chi connectivity index (χ2v) is 5.02. The molecule has 1 aliphatic rings. The van der Waals surface area contributed by atoms with Crippen molar-refractivity contribution in [1.82, 2.24) is 5.32 Å². The second-order valence-electron chi connectivity index (χ2n) is 5.02. The molecule has 106 valence electrons. The summed E-state index contributed by atoms with van der Waals surface area (Å²) in [5.74, 6) is -0.611. The van der Waals surface area contributed by atoms with E-state index in [0.29, 0.717) is 17.5 Å². The SMILES string of the molecule is Cc1c(C(=O)NC[C@H]2CCCO2)oc2c(F)cccc12. The quantitative estimate of drug-likeness (QED) is 0.938. The Labute approximate surface area is 115 Å². The predicted octanol–water partition coefficient (Wildman–Crippen LogP) is 2.79. The van der Waals surface area contributed by atoms with Gasteiger partial charge < -0.3 is 14.5 Å². The van der Waals surface area contributed by atoms with E-state index in [-0.39, 0.29) is 23.4 Å². The molecule has 5 heteroatoms. The number of carbonyl (C=O) groups is 1. The van der Waals surface area contributed by atoms with E-state index in [9.17, 15) is 9.18 Å². The molecule has 0 bridgehead atoms. The minimum atomic E-state index is -0.455. The van der Waals surface area contributed by atoms with Gasteiger partial charge in [0.05, 0.1) is 6.10 Å². The zero-order valence-corrected chi connectivity index (χ0v) is 11.2. The Kier molecular flexibility index (Phi) is 3.44. The summed E-state index contributed by atoms with van der Waals surface area (Å²) in [6, 6.07) is 4.67. The van der Waals surface area contributed by atoms with E-state index in [1.165, 1.54) is 6.07 Å². The summed E-state index contributed by atoms with van der Waals surface area (Å²) >= 11 is 0. The van der Waals surface area contributed by atoms with Gasteiger partial charge in [0.2, 0.25) is 0 Å². The largest absolute Gasteiger partial charge is 0.448 e. The van der Waals surface area contributed by atoms with Crippen LogP contribution in [0, 0.1) is 12.7 Å². The average Bonchev–Trinajstić information content (AvgIpc) is 3.06. The number of hydrogen-bond acceptors (Lipinski definition) is 3. The summed E-state index contributed by atoms with van der Waals surface area (Å²) in [5, 5.41) is 3.41. The van der Waals surface area contributed by atoms with E-state index in [1.807, 2.05) is 0 Å². The number of aryl methyl sites for hydroxylation is 1. The number of rotatable bonds is 3. The molecule has 2 heterocycles. The standard InChI is InChI=1S/C15H16FNO3/c1-9-11-5-2-6-12(16)14(11)20-13(9)15(18)17-8-10-4-3-7-19-10/h2,5-6,10H,3-4,7-8H2,1H3,(H,17,18)/t10-/m1/s1. The van der Waals surface area contributed by atoms with Crippen molar-refractivity contribution in [3.05, 3.63) is 35.3 Å². The molecule has 2 aromatic rings. The number of fused-ring (bicyclic) bond motifs is 1. The van der Waals surface area contributed by atoms with Gasteiger partial charge in [0.15, 0.2) is 17.2 Å². The number of amides is 1. The Morgan fingerprint density at radius 2 is 2.35 bits per heavy atom. The molecule has 0 radical (unpaired) electrons. The van der Waals surface area contributed by atoms with E-state index < -0.39 is 5.82 Å². The van der Waals surface area contributed by atoms with E-state index >= 15 is 0 Å². The van der Waals surface area contributed by atoms with Gasteiger partial charge in [-0.1, -0.05) is 12.1 Å². The first-order valence-electron chi connectivity index (χ1n) is 6.74. The van der Waals surface area contributed by atoms with Crippen LogP contribution in [0.3, 0.4) is 0 Å². The molecule has 20 heavy (non-hydrogen) atoms. The van der Waals surface area contributed by atoms with Crippen molar-refractivity contribution in [2.24, 2.45) is 0 Å². The first kappa shape index (κ1) is 13.1. The average molecular weight is 277 g/mol. The van der Waals surface area contributed by atoms with Gasteiger partial charge >= 0.3 is 0 Å². The van der Waals surface area contributed by atoms with Crippen molar-refractivity contribution in [2.75, 3.05) is 13.2 Å². The van der Waals surface area contributed by atoms with Crippen molar-refractivity contribution < 1.29 is 18.3 Å². The molecule has 4 nitrogen and oxygen atoms in total. The van der Waals surface area contributed by atoms with Gasteiger partial charge in [-0.25, -0.2) is 4.39 Å². The number of benzene rings is 1. The fraction of sp³-hybridized carbons (Fsp3) is 0.400. The summed E-state index contributed by atoms with van der Waals surface area (Å²) in [6.07, 6.45) is 2.05. The first-order chi connectivity index (χ1) is 9.66. The topological polar surface area (TPSA) is 51.5 Å². The van der Waals surface area contributed by atoms with Crippen LogP contribution >= 0.6 is 0 Å². The number of hydrogen-bond donors (Lipinski definition) is 1. The Morgan fingerprint density at radius 1 is 1.50 bits per heavy atom. The molecule has 0 saturated carbocycles. The number of ether oxygens (including phenoxy) is 1. The predicted molar refractivity (Wildman–Crippen MR) is 72.2 cm³/mol.